The number of nitrogens with one attached hydrogen (secondary N) is 2. The molecule has 2 aromatic heterocycles. The number of hydrogen-bond acceptors (Lipinski definition) is 3. The van der Waals surface area contributed by atoms with Gasteiger partial charge in [-0.15, -0.1) is 0 Å². The number of furan rings is 1. The minimum absolute atomic E-state index is 0.108. The fourth-order valence-corrected chi connectivity index (χ4v) is 3.08. The zero-order valence-electron chi connectivity index (χ0n) is 14.9. The standard InChI is InChI=1S/C17H26N4O2/c1-9-8-15(14(6)23-9)10(2)18-17(22)19-11(3)16-12(4)20-21(7)13(16)5/h8,10-11H,1-7H3,(H2,18,19,22)/t10-,11+/m0/s1. The third-order valence-electron chi connectivity index (χ3n) is 4.24. The summed E-state index contributed by atoms with van der Waals surface area (Å²) in [5.74, 6) is 1.68. The predicted octanol–water partition coefficient (Wildman–Crippen LogP) is 3.37. The second-order valence-electron chi connectivity index (χ2n) is 6.14. The summed E-state index contributed by atoms with van der Waals surface area (Å²) >= 11 is 0. The molecule has 0 aliphatic carbocycles. The van der Waals surface area contributed by atoms with Gasteiger partial charge in [-0.25, -0.2) is 4.79 Å². The zero-order chi connectivity index (χ0) is 17.3. The molecule has 23 heavy (non-hydrogen) atoms. The highest BCUT2D eigenvalue weighted by Crippen LogP contribution is 2.22. The van der Waals surface area contributed by atoms with Gasteiger partial charge >= 0.3 is 6.03 Å². The van der Waals surface area contributed by atoms with Crippen LogP contribution < -0.4 is 10.6 Å². The van der Waals surface area contributed by atoms with Crippen molar-refractivity contribution < 1.29 is 9.21 Å². The molecule has 0 radical (unpaired) electrons. The molecule has 2 atom stereocenters. The maximum Gasteiger partial charge on any atom is 0.315 e. The van der Waals surface area contributed by atoms with E-state index >= 15 is 0 Å². The number of nitrogens with zero attached hydrogens (tertiary/aromatic N) is 2. The molecule has 6 heteroatoms. The molecule has 0 saturated heterocycles. The first-order chi connectivity index (χ1) is 10.7. The second kappa shape index (κ2) is 6.48. The van der Waals surface area contributed by atoms with E-state index in [4.69, 9.17) is 4.42 Å². The summed E-state index contributed by atoms with van der Waals surface area (Å²) in [5, 5.41) is 10.3. The Hall–Kier alpha value is -2.24. The Kier molecular flexibility index (Phi) is 4.82. The fourth-order valence-electron chi connectivity index (χ4n) is 3.08. The summed E-state index contributed by atoms with van der Waals surface area (Å²) in [4.78, 5) is 12.3. The van der Waals surface area contributed by atoms with Gasteiger partial charge < -0.3 is 15.1 Å². The number of carbonyl (C=O) groups is 1. The van der Waals surface area contributed by atoms with E-state index in [1.54, 1.807) is 0 Å². The molecular weight excluding hydrogens is 292 g/mol. The smallest absolute Gasteiger partial charge is 0.315 e. The summed E-state index contributed by atoms with van der Waals surface area (Å²) in [6, 6.07) is 1.53. The molecule has 0 spiro atoms. The number of urea groups is 1. The largest absolute Gasteiger partial charge is 0.466 e. The third kappa shape index (κ3) is 3.57. The molecule has 6 nitrogen and oxygen atoms in total. The highest BCUT2D eigenvalue weighted by Gasteiger charge is 2.20. The van der Waals surface area contributed by atoms with Crippen molar-refractivity contribution in [3.8, 4) is 0 Å². The Labute approximate surface area is 137 Å². The molecule has 2 heterocycles. The minimum atomic E-state index is -0.203. The summed E-state index contributed by atoms with van der Waals surface area (Å²) < 4.78 is 7.35. The van der Waals surface area contributed by atoms with Gasteiger partial charge in [0.2, 0.25) is 0 Å². The molecule has 0 saturated carbocycles. The van der Waals surface area contributed by atoms with Crippen molar-refractivity contribution in [2.75, 3.05) is 0 Å². The molecule has 2 rings (SSSR count). The van der Waals surface area contributed by atoms with Crippen molar-refractivity contribution in [3.05, 3.63) is 40.1 Å². The summed E-state index contributed by atoms with van der Waals surface area (Å²) in [7, 11) is 1.91. The number of aryl methyl sites for hydroxylation is 4. The van der Waals surface area contributed by atoms with E-state index in [0.29, 0.717) is 0 Å². The lowest BCUT2D eigenvalue weighted by Gasteiger charge is -2.18. The molecule has 2 N–H and O–H groups in total. The minimum Gasteiger partial charge on any atom is -0.466 e. The second-order valence-corrected chi connectivity index (χ2v) is 6.14. The Balaban J connectivity index is 2.03. The van der Waals surface area contributed by atoms with Crippen LogP contribution in [-0.4, -0.2) is 15.8 Å². The van der Waals surface area contributed by atoms with E-state index < -0.39 is 0 Å². The van der Waals surface area contributed by atoms with Crippen LogP contribution in [0.15, 0.2) is 10.5 Å². The van der Waals surface area contributed by atoms with Crippen LogP contribution >= 0.6 is 0 Å². The first-order valence-corrected chi connectivity index (χ1v) is 7.84. The number of amides is 2. The lowest BCUT2D eigenvalue weighted by atomic mass is 10.1. The molecule has 126 valence electrons. The Bertz CT molecular complexity index is 714. The van der Waals surface area contributed by atoms with Gasteiger partial charge in [-0.2, -0.15) is 5.10 Å². The van der Waals surface area contributed by atoms with E-state index in [-0.39, 0.29) is 18.1 Å². The van der Waals surface area contributed by atoms with Gasteiger partial charge in [0.25, 0.3) is 0 Å². The van der Waals surface area contributed by atoms with Gasteiger partial charge in [-0.05, 0) is 47.6 Å². The van der Waals surface area contributed by atoms with Gasteiger partial charge in [0.1, 0.15) is 11.5 Å². The summed E-state index contributed by atoms with van der Waals surface area (Å²) in [5.41, 5.74) is 4.06. The molecular formula is C17H26N4O2. The van der Waals surface area contributed by atoms with E-state index in [0.717, 1.165) is 34.0 Å². The van der Waals surface area contributed by atoms with Gasteiger partial charge in [0, 0.05) is 23.9 Å². The van der Waals surface area contributed by atoms with Gasteiger partial charge in [-0.3, -0.25) is 4.68 Å². The lowest BCUT2D eigenvalue weighted by Crippen LogP contribution is -2.38. The Morgan fingerprint density at radius 2 is 1.78 bits per heavy atom. The van der Waals surface area contributed by atoms with Crippen LogP contribution in [0.2, 0.25) is 0 Å². The molecule has 0 bridgehead atoms. The molecule has 0 aliphatic heterocycles. The van der Waals surface area contributed by atoms with Crippen LogP contribution in [0.4, 0.5) is 4.79 Å². The lowest BCUT2D eigenvalue weighted by molar-refractivity contribution is 0.235. The van der Waals surface area contributed by atoms with Crippen LogP contribution in [0.3, 0.4) is 0 Å². The molecule has 0 fully saturated rings. The first kappa shape index (κ1) is 17.1. The van der Waals surface area contributed by atoms with Crippen molar-refractivity contribution in [3.63, 3.8) is 0 Å². The van der Waals surface area contributed by atoms with Crippen LogP contribution in [0.25, 0.3) is 0 Å². The maximum absolute atomic E-state index is 12.3. The van der Waals surface area contributed by atoms with E-state index in [1.807, 2.05) is 59.3 Å². The zero-order valence-corrected chi connectivity index (χ0v) is 14.9. The maximum atomic E-state index is 12.3. The molecule has 0 aromatic carbocycles. The fraction of sp³-hybridized carbons (Fsp3) is 0.529. The van der Waals surface area contributed by atoms with Crippen LogP contribution in [0, 0.1) is 27.7 Å². The topological polar surface area (TPSA) is 72.1 Å². The van der Waals surface area contributed by atoms with Crippen LogP contribution in [-0.2, 0) is 7.05 Å². The van der Waals surface area contributed by atoms with E-state index in [1.165, 1.54) is 0 Å². The van der Waals surface area contributed by atoms with Crippen LogP contribution in [0.1, 0.15) is 60.0 Å². The highest BCUT2D eigenvalue weighted by molar-refractivity contribution is 5.75. The monoisotopic (exact) mass is 318 g/mol. The van der Waals surface area contributed by atoms with E-state index in [9.17, 15) is 4.79 Å². The van der Waals surface area contributed by atoms with Gasteiger partial charge in [0.15, 0.2) is 0 Å². The SMILES string of the molecule is Cc1cc([C@H](C)NC(=O)N[C@H](C)c2c(C)nn(C)c2C)c(C)o1. The summed E-state index contributed by atoms with van der Waals surface area (Å²) in [6.07, 6.45) is 0. The van der Waals surface area contributed by atoms with Crippen LogP contribution in [0.5, 0.6) is 0 Å². The molecule has 0 unspecified atom stereocenters. The predicted molar refractivity (Wildman–Crippen MR) is 89.4 cm³/mol. The van der Waals surface area contributed by atoms with Gasteiger partial charge in [-0.1, -0.05) is 0 Å². The molecule has 2 aromatic rings. The number of rotatable bonds is 4. The van der Waals surface area contributed by atoms with Crippen molar-refractivity contribution in [1.29, 1.82) is 0 Å². The average molecular weight is 318 g/mol. The Morgan fingerprint density at radius 3 is 2.26 bits per heavy atom. The third-order valence-corrected chi connectivity index (χ3v) is 4.24. The highest BCUT2D eigenvalue weighted by atomic mass is 16.3. The quantitative estimate of drug-likeness (QED) is 0.908. The number of hydrogen-bond donors (Lipinski definition) is 2. The van der Waals surface area contributed by atoms with Crippen molar-refractivity contribution in [2.24, 2.45) is 7.05 Å². The average Bonchev–Trinajstić information content (AvgIpc) is 2.89. The van der Waals surface area contributed by atoms with E-state index in [2.05, 4.69) is 15.7 Å². The normalized spacial score (nSPS) is 13.7. The number of carbonyl (C=O) groups excluding carboxylic acids is 1. The van der Waals surface area contributed by atoms with Gasteiger partial charge in [0.05, 0.1) is 17.8 Å². The van der Waals surface area contributed by atoms with Crippen molar-refractivity contribution >= 4 is 6.03 Å². The Morgan fingerprint density at radius 1 is 1.17 bits per heavy atom. The molecule has 0 aliphatic rings. The summed E-state index contributed by atoms with van der Waals surface area (Å²) in [6.45, 7) is 11.7. The number of aromatic nitrogens is 2. The molecule has 2 amide bonds. The first-order valence-electron chi connectivity index (χ1n) is 7.84. The van der Waals surface area contributed by atoms with Crippen molar-refractivity contribution in [2.45, 2.75) is 53.6 Å². The van der Waals surface area contributed by atoms with Crippen molar-refractivity contribution in [1.82, 2.24) is 20.4 Å².